The van der Waals surface area contributed by atoms with E-state index in [0.29, 0.717) is 18.3 Å². The summed E-state index contributed by atoms with van der Waals surface area (Å²) < 4.78 is 0. The average Bonchev–Trinajstić information content (AvgIpc) is 3.28. The minimum absolute atomic E-state index is 0.0948. The number of carbonyl (C=O) groups is 1. The van der Waals surface area contributed by atoms with Crippen LogP contribution in [0.3, 0.4) is 0 Å². The van der Waals surface area contributed by atoms with E-state index in [0.717, 1.165) is 35.1 Å². The highest BCUT2D eigenvalue weighted by Gasteiger charge is 2.51. The zero-order valence-corrected chi connectivity index (χ0v) is 14.6. The molecule has 0 bridgehead atoms. The first-order valence-corrected chi connectivity index (χ1v) is 9.33. The summed E-state index contributed by atoms with van der Waals surface area (Å²) in [6.07, 6.45) is 5.84. The molecular weight excluding hydrogens is 324 g/mol. The number of nitrogens with two attached hydrogens (primary N) is 1. The van der Waals surface area contributed by atoms with Gasteiger partial charge >= 0.3 is 0 Å². The zero-order valence-electron chi connectivity index (χ0n) is 13.8. The Morgan fingerprint density at radius 1 is 1.54 bits per heavy atom. The molecule has 1 amide bonds. The maximum Gasteiger partial charge on any atom is 0.265 e. The van der Waals surface area contributed by atoms with Crippen molar-refractivity contribution in [2.24, 2.45) is 17.1 Å². The minimum Gasteiger partial charge on any atom is -0.337 e. The van der Waals surface area contributed by atoms with Gasteiger partial charge in [-0.2, -0.15) is 5.10 Å². The predicted molar refractivity (Wildman–Crippen MR) is 91.6 cm³/mol. The highest BCUT2D eigenvalue weighted by Crippen LogP contribution is 2.51. The lowest BCUT2D eigenvalue weighted by Gasteiger charge is -2.42. The zero-order chi connectivity index (χ0) is 16.7. The monoisotopic (exact) mass is 346 g/mol. The van der Waals surface area contributed by atoms with Gasteiger partial charge in [-0.3, -0.25) is 9.89 Å². The molecule has 0 aromatic carbocycles. The first-order chi connectivity index (χ1) is 11.7. The molecule has 128 valence electrons. The molecule has 4 rings (SSSR count). The van der Waals surface area contributed by atoms with Gasteiger partial charge in [-0.25, -0.2) is 9.97 Å². The van der Waals surface area contributed by atoms with Crippen LogP contribution in [0.25, 0.3) is 10.8 Å². The van der Waals surface area contributed by atoms with Gasteiger partial charge in [0.1, 0.15) is 11.2 Å². The second kappa shape index (κ2) is 5.93. The van der Waals surface area contributed by atoms with Crippen molar-refractivity contribution in [2.75, 3.05) is 19.6 Å². The molecule has 1 saturated heterocycles. The molecule has 2 aromatic heterocycles. The number of aromatic amines is 1. The molecule has 1 atom stereocenters. The van der Waals surface area contributed by atoms with Gasteiger partial charge in [0.05, 0.1) is 5.69 Å². The number of aryl methyl sites for hydroxylation is 1. The van der Waals surface area contributed by atoms with Crippen molar-refractivity contribution in [3.05, 3.63) is 16.9 Å². The Bertz CT molecular complexity index is 736. The highest BCUT2D eigenvalue weighted by atomic mass is 32.1. The summed E-state index contributed by atoms with van der Waals surface area (Å²) in [5.41, 5.74) is 7.09. The SMILES string of the molecule is CCc1nc(-c2ncn[nH]2)sc1C(=O)N1CC(CN)C2(CCC2)C1. The Hall–Kier alpha value is -1.80. The average molecular weight is 346 g/mol. The lowest BCUT2D eigenvalue weighted by Crippen LogP contribution is -2.40. The third-order valence-corrected chi connectivity index (χ3v) is 6.67. The number of thiazole rings is 1. The summed E-state index contributed by atoms with van der Waals surface area (Å²) in [6, 6.07) is 0. The summed E-state index contributed by atoms with van der Waals surface area (Å²) in [5, 5.41) is 7.41. The Morgan fingerprint density at radius 3 is 2.92 bits per heavy atom. The van der Waals surface area contributed by atoms with Crippen molar-refractivity contribution in [2.45, 2.75) is 32.6 Å². The molecule has 1 saturated carbocycles. The molecule has 1 unspecified atom stereocenters. The Labute approximate surface area is 144 Å². The predicted octanol–water partition coefficient (Wildman–Crippen LogP) is 1.69. The lowest BCUT2D eigenvalue weighted by molar-refractivity contribution is 0.0705. The molecule has 2 aromatic rings. The van der Waals surface area contributed by atoms with Gasteiger partial charge in [-0.1, -0.05) is 13.3 Å². The van der Waals surface area contributed by atoms with Gasteiger partial charge in [0.15, 0.2) is 10.8 Å². The number of hydrogen-bond donors (Lipinski definition) is 2. The second-order valence-corrected chi connectivity index (χ2v) is 7.82. The lowest BCUT2D eigenvalue weighted by atomic mass is 9.63. The number of H-pyrrole nitrogens is 1. The van der Waals surface area contributed by atoms with E-state index in [9.17, 15) is 4.79 Å². The quantitative estimate of drug-likeness (QED) is 0.877. The van der Waals surface area contributed by atoms with Crippen molar-refractivity contribution < 1.29 is 4.79 Å². The van der Waals surface area contributed by atoms with E-state index in [-0.39, 0.29) is 11.3 Å². The van der Waals surface area contributed by atoms with Crippen LogP contribution in [0.5, 0.6) is 0 Å². The maximum absolute atomic E-state index is 13.1. The molecule has 1 spiro atoms. The van der Waals surface area contributed by atoms with E-state index in [1.54, 1.807) is 0 Å². The highest BCUT2D eigenvalue weighted by molar-refractivity contribution is 7.17. The second-order valence-electron chi connectivity index (χ2n) is 6.82. The van der Waals surface area contributed by atoms with Crippen molar-refractivity contribution >= 4 is 17.2 Å². The van der Waals surface area contributed by atoms with Crippen molar-refractivity contribution in [1.29, 1.82) is 0 Å². The van der Waals surface area contributed by atoms with Gasteiger partial charge in [-0.05, 0) is 37.1 Å². The van der Waals surface area contributed by atoms with E-state index in [1.807, 2.05) is 11.8 Å². The first-order valence-electron chi connectivity index (χ1n) is 8.51. The van der Waals surface area contributed by atoms with Crippen LogP contribution in [0.4, 0.5) is 0 Å². The van der Waals surface area contributed by atoms with E-state index in [4.69, 9.17) is 5.73 Å². The van der Waals surface area contributed by atoms with Gasteiger partial charge in [-0.15, -0.1) is 11.3 Å². The Kier molecular flexibility index (Phi) is 3.88. The summed E-state index contributed by atoms with van der Waals surface area (Å²) in [7, 11) is 0. The van der Waals surface area contributed by atoms with Crippen LogP contribution in [0, 0.1) is 11.3 Å². The number of rotatable bonds is 4. The Morgan fingerprint density at radius 2 is 2.38 bits per heavy atom. The standard InChI is InChI=1S/C16H22N6OS/c1-2-11-12(24-14(20-11)13-18-9-19-21-13)15(23)22-7-10(6-17)16(8-22)4-3-5-16/h9-10H,2-8,17H2,1H3,(H,18,19,21). The van der Waals surface area contributed by atoms with Crippen LogP contribution in [-0.2, 0) is 6.42 Å². The molecule has 2 aliphatic rings. The first kappa shape index (κ1) is 15.7. The van der Waals surface area contributed by atoms with Crippen LogP contribution in [0.2, 0.25) is 0 Å². The summed E-state index contributed by atoms with van der Waals surface area (Å²) >= 11 is 1.40. The fourth-order valence-electron chi connectivity index (χ4n) is 4.02. The molecule has 1 aliphatic heterocycles. The Balaban J connectivity index is 1.61. The van der Waals surface area contributed by atoms with Gasteiger partial charge in [0.2, 0.25) is 0 Å². The summed E-state index contributed by atoms with van der Waals surface area (Å²) in [6.45, 7) is 4.30. The minimum atomic E-state index is 0.0948. The molecular formula is C16H22N6OS. The molecule has 3 N–H and O–H groups in total. The molecule has 1 aliphatic carbocycles. The summed E-state index contributed by atoms with van der Waals surface area (Å²) in [4.78, 5) is 24.6. The summed E-state index contributed by atoms with van der Waals surface area (Å²) in [5.74, 6) is 1.14. The number of likely N-dealkylation sites (tertiary alicyclic amines) is 1. The van der Waals surface area contributed by atoms with Crippen molar-refractivity contribution in [3.8, 4) is 10.8 Å². The molecule has 7 nitrogen and oxygen atoms in total. The fourth-order valence-corrected chi connectivity index (χ4v) is 5.09. The third-order valence-electron chi connectivity index (χ3n) is 5.58. The number of hydrogen-bond acceptors (Lipinski definition) is 6. The van der Waals surface area contributed by atoms with Crippen molar-refractivity contribution in [3.63, 3.8) is 0 Å². The van der Waals surface area contributed by atoms with E-state index < -0.39 is 0 Å². The normalized spacial score (nSPS) is 22.1. The number of aromatic nitrogens is 4. The smallest absolute Gasteiger partial charge is 0.265 e. The van der Waals surface area contributed by atoms with Crippen LogP contribution in [0.1, 0.15) is 41.6 Å². The maximum atomic E-state index is 13.1. The van der Waals surface area contributed by atoms with Gasteiger partial charge in [0, 0.05) is 13.1 Å². The largest absolute Gasteiger partial charge is 0.337 e. The van der Waals surface area contributed by atoms with Gasteiger partial charge < -0.3 is 10.6 Å². The number of nitrogens with zero attached hydrogens (tertiary/aromatic N) is 4. The molecule has 3 heterocycles. The van der Waals surface area contributed by atoms with Crippen molar-refractivity contribution in [1.82, 2.24) is 25.1 Å². The number of nitrogens with one attached hydrogen (secondary N) is 1. The van der Waals surface area contributed by atoms with Crippen LogP contribution >= 0.6 is 11.3 Å². The van der Waals surface area contributed by atoms with E-state index in [2.05, 4.69) is 20.2 Å². The fraction of sp³-hybridized carbons (Fsp3) is 0.625. The number of amides is 1. The molecule has 24 heavy (non-hydrogen) atoms. The van der Waals surface area contributed by atoms with E-state index in [1.165, 1.54) is 36.9 Å². The third kappa shape index (κ3) is 2.36. The number of carbonyl (C=O) groups excluding carboxylic acids is 1. The topological polar surface area (TPSA) is 101 Å². The van der Waals surface area contributed by atoms with Crippen LogP contribution in [-0.4, -0.2) is 50.6 Å². The van der Waals surface area contributed by atoms with E-state index >= 15 is 0 Å². The van der Waals surface area contributed by atoms with Gasteiger partial charge in [0.25, 0.3) is 5.91 Å². The molecule has 8 heteroatoms. The van der Waals surface area contributed by atoms with Crippen LogP contribution in [0.15, 0.2) is 6.33 Å². The molecule has 2 fully saturated rings. The van der Waals surface area contributed by atoms with Crippen LogP contribution < -0.4 is 5.73 Å². The molecule has 0 radical (unpaired) electrons.